The molecule has 0 radical (unpaired) electrons. The van der Waals surface area contributed by atoms with Crippen LogP contribution in [0.3, 0.4) is 0 Å². The van der Waals surface area contributed by atoms with Gasteiger partial charge < -0.3 is 9.64 Å². The maximum absolute atomic E-state index is 12.9. The van der Waals surface area contributed by atoms with E-state index in [0.29, 0.717) is 38.5 Å². The molecule has 2 atom stereocenters. The molecular weight excluding hydrogens is 390 g/mol. The number of hydrogen-bond donors (Lipinski definition) is 0. The minimum Gasteiger partial charge on any atom is -0.497 e. The fraction of sp³-hybridized carbons (Fsp3) is 0.667. The number of carbonyl (C=O) groups is 1. The van der Waals surface area contributed by atoms with Crippen molar-refractivity contribution in [2.24, 2.45) is 0 Å². The van der Waals surface area contributed by atoms with E-state index in [9.17, 15) is 13.2 Å². The minimum absolute atomic E-state index is 0.125. The van der Waals surface area contributed by atoms with Crippen LogP contribution in [0, 0.1) is 0 Å². The Morgan fingerprint density at radius 3 is 2.00 bits per heavy atom. The Labute approximate surface area is 175 Å². The van der Waals surface area contributed by atoms with Crippen molar-refractivity contribution >= 4 is 15.9 Å². The maximum atomic E-state index is 12.9. The molecule has 0 bridgehead atoms. The van der Waals surface area contributed by atoms with E-state index in [-0.39, 0.29) is 22.9 Å². The molecule has 8 heteroatoms. The maximum Gasteiger partial charge on any atom is 0.243 e. The molecule has 0 saturated carbocycles. The van der Waals surface area contributed by atoms with Gasteiger partial charge >= 0.3 is 0 Å². The number of ether oxygens (including phenoxy) is 1. The second-order valence-corrected chi connectivity index (χ2v) is 9.61. The number of benzene rings is 1. The van der Waals surface area contributed by atoms with Crippen LogP contribution in [0.1, 0.15) is 40.5 Å². The lowest BCUT2D eigenvalue weighted by Gasteiger charge is -2.38. The molecule has 1 aromatic rings. The van der Waals surface area contributed by atoms with Gasteiger partial charge in [0.05, 0.1) is 18.6 Å². The zero-order valence-corrected chi connectivity index (χ0v) is 19.1. The second-order valence-electron chi connectivity index (χ2n) is 7.67. The van der Waals surface area contributed by atoms with Crippen LogP contribution >= 0.6 is 0 Å². The normalized spacial score (nSPS) is 18.2. The first-order valence-electron chi connectivity index (χ1n) is 10.4. The van der Waals surface area contributed by atoms with Crippen molar-refractivity contribution in [1.29, 1.82) is 0 Å². The number of carbonyl (C=O) groups excluding carboxylic acids is 1. The monoisotopic (exact) mass is 425 g/mol. The summed E-state index contributed by atoms with van der Waals surface area (Å²) in [5, 5.41) is 0. The van der Waals surface area contributed by atoms with E-state index < -0.39 is 10.0 Å². The van der Waals surface area contributed by atoms with Crippen LogP contribution in [0.25, 0.3) is 0 Å². The highest BCUT2D eigenvalue weighted by molar-refractivity contribution is 7.89. The number of sulfonamides is 1. The Morgan fingerprint density at radius 1 is 1.03 bits per heavy atom. The summed E-state index contributed by atoms with van der Waals surface area (Å²) in [5.41, 5.74) is 0. The van der Waals surface area contributed by atoms with Crippen molar-refractivity contribution in [2.45, 2.75) is 57.5 Å². The van der Waals surface area contributed by atoms with Crippen LogP contribution in [0.5, 0.6) is 5.75 Å². The van der Waals surface area contributed by atoms with E-state index in [1.54, 1.807) is 31.4 Å². The minimum atomic E-state index is -3.53. The molecule has 1 aromatic carbocycles. The lowest BCUT2D eigenvalue weighted by atomic mass is 10.1. The Kier molecular flexibility index (Phi) is 8.48. The zero-order valence-electron chi connectivity index (χ0n) is 18.3. The van der Waals surface area contributed by atoms with Gasteiger partial charge in [-0.05, 0) is 51.0 Å². The molecule has 1 amide bonds. The number of piperazine rings is 1. The Balaban J connectivity index is 1.97. The first-order chi connectivity index (χ1) is 13.7. The molecule has 0 aliphatic carbocycles. The Bertz CT molecular complexity index is 749. The number of methoxy groups -OCH3 is 1. The predicted octanol–water partition coefficient (Wildman–Crippen LogP) is 2.43. The van der Waals surface area contributed by atoms with E-state index in [1.165, 1.54) is 4.31 Å². The third-order valence-corrected chi connectivity index (χ3v) is 7.72. The van der Waals surface area contributed by atoms with Crippen molar-refractivity contribution in [1.82, 2.24) is 14.1 Å². The largest absolute Gasteiger partial charge is 0.497 e. The van der Waals surface area contributed by atoms with E-state index in [2.05, 4.69) is 32.6 Å². The average Bonchev–Trinajstić information content (AvgIpc) is 2.73. The van der Waals surface area contributed by atoms with Gasteiger partial charge in [-0.15, -0.1) is 0 Å². The molecule has 1 saturated heterocycles. The number of nitrogens with zero attached hydrogens (tertiary/aromatic N) is 3. The van der Waals surface area contributed by atoms with Gasteiger partial charge in [-0.1, -0.05) is 13.8 Å². The molecule has 164 valence electrons. The summed E-state index contributed by atoms with van der Waals surface area (Å²) in [6.07, 6.45) is 1.84. The van der Waals surface area contributed by atoms with Gasteiger partial charge in [0, 0.05) is 38.3 Å². The molecule has 1 aliphatic heterocycles. The second kappa shape index (κ2) is 10.4. The van der Waals surface area contributed by atoms with Gasteiger partial charge in [0.15, 0.2) is 0 Å². The summed E-state index contributed by atoms with van der Waals surface area (Å²) < 4.78 is 32.3. The van der Waals surface area contributed by atoms with Crippen molar-refractivity contribution < 1.29 is 17.9 Å². The summed E-state index contributed by atoms with van der Waals surface area (Å²) in [6.45, 7) is 10.6. The van der Waals surface area contributed by atoms with Crippen molar-refractivity contribution in [3.8, 4) is 5.75 Å². The standard InChI is InChI=1S/C21H35N3O4S/c1-6-17(3)24(18(4)7-2)21(25)16-22-12-14-23(15-13-22)29(26,27)20-10-8-19(28-5)9-11-20/h8-11,17-18H,6-7,12-16H2,1-5H3/t17-,18+. The van der Waals surface area contributed by atoms with Crippen molar-refractivity contribution in [3.05, 3.63) is 24.3 Å². The quantitative estimate of drug-likeness (QED) is 0.608. The summed E-state index contributed by atoms with van der Waals surface area (Å²) >= 11 is 0. The third kappa shape index (κ3) is 5.71. The van der Waals surface area contributed by atoms with Crippen LogP contribution in [0.2, 0.25) is 0 Å². The molecule has 0 unspecified atom stereocenters. The topological polar surface area (TPSA) is 70.2 Å². The highest BCUT2D eigenvalue weighted by Gasteiger charge is 2.31. The smallest absolute Gasteiger partial charge is 0.243 e. The number of rotatable bonds is 9. The molecule has 0 N–H and O–H groups in total. The first-order valence-corrected chi connectivity index (χ1v) is 11.9. The van der Waals surface area contributed by atoms with E-state index in [4.69, 9.17) is 4.74 Å². The highest BCUT2D eigenvalue weighted by atomic mass is 32.2. The molecule has 7 nitrogen and oxygen atoms in total. The molecule has 1 heterocycles. The molecule has 2 rings (SSSR count). The summed E-state index contributed by atoms with van der Waals surface area (Å²) in [7, 11) is -1.98. The molecule has 1 fully saturated rings. The van der Waals surface area contributed by atoms with Gasteiger partial charge in [0.2, 0.25) is 15.9 Å². The molecule has 0 aromatic heterocycles. The van der Waals surface area contributed by atoms with Crippen LogP contribution in [0.15, 0.2) is 29.2 Å². The molecule has 29 heavy (non-hydrogen) atoms. The van der Waals surface area contributed by atoms with Gasteiger partial charge in [-0.3, -0.25) is 9.69 Å². The van der Waals surface area contributed by atoms with E-state index in [1.807, 2.05) is 4.90 Å². The average molecular weight is 426 g/mol. The molecule has 0 spiro atoms. The van der Waals surface area contributed by atoms with Crippen LogP contribution in [0.4, 0.5) is 0 Å². The van der Waals surface area contributed by atoms with Crippen LogP contribution < -0.4 is 4.74 Å². The number of amides is 1. The zero-order chi connectivity index (χ0) is 21.6. The lowest BCUT2D eigenvalue weighted by Crippen LogP contribution is -2.53. The van der Waals surface area contributed by atoms with E-state index >= 15 is 0 Å². The molecular formula is C21H35N3O4S. The van der Waals surface area contributed by atoms with Gasteiger partial charge in [-0.25, -0.2) is 8.42 Å². The Morgan fingerprint density at radius 2 is 1.55 bits per heavy atom. The lowest BCUT2D eigenvalue weighted by molar-refractivity contribution is -0.137. The fourth-order valence-electron chi connectivity index (χ4n) is 3.62. The summed E-state index contributed by atoms with van der Waals surface area (Å²) in [4.78, 5) is 17.2. The van der Waals surface area contributed by atoms with Crippen LogP contribution in [-0.4, -0.2) is 80.3 Å². The fourth-order valence-corrected chi connectivity index (χ4v) is 5.04. The predicted molar refractivity (Wildman–Crippen MR) is 115 cm³/mol. The first kappa shape index (κ1) is 23.6. The van der Waals surface area contributed by atoms with Crippen molar-refractivity contribution in [3.63, 3.8) is 0 Å². The van der Waals surface area contributed by atoms with Gasteiger partial charge in [0.25, 0.3) is 0 Å². The SMILES string of the molecule is CC[C@@H](C)N(C(=O)CN1CCN(S(=O)(=O)c2ccc(OC)cc2)CC1)[C@@H](C)CC. The third-order valence-electron chi connectivity index (χ3n) is 5.81. The molecule has 1 aliphatic rings. The van der Waals surface area contributed by atoms with Crippen LogP contribution in [-0.2, 0) is 14.8 Å². The van der Waals surface area contributed by atoms with Crippen molar-refractivity contribution in [2.75, 3.05) is 39.8 Å². The number of hydrogen-bond acceptors (Lipinski definition) is 5. The highest BCUT2D eigenvalue weighted by Crippen LogP contribution is 2.21. The summed E-state index contributed by atoms with van der Waals surface area (Å²) in [5.74, 6) is 0.750. The van der Waals surface area contributed by atoms with E-state index in [0.717, 1.165) is 12.8 Å². The van der Waals surface area contributed by atoms with Gasteiger partial charge in [-0.2, -0.15) is 4.31 Å². The summed E-state index contributed by atoms with van der Waals surface area (Å²) in [6, 6.07) is 6.85. The Hall–Kier alpha value is -1.64. The van der Waals surface area contributed by atoms with Gasteiger partial charge in [0.1, 0.15) is 5.75 Å².